The van der Waals surface area contributed by atoms with Gasteiger partial charge in [0.05, 0.1) is 13.0 Å². The van der Waals surface area contributed by atoms with Gasteiger partial charge in [-0.2, -0.15) is 0 Å². The summed E-state index contributed by atoms with van der Waals surface area (Å²) in [6, 6.07) is 6.22. The molecule has 0 aliphatic rings. The van der Waals surface area contributed by atoms with Crippen molar-refractivity contribution in [2.75, 3.05) is 26.3 Å². The van der Waals surface area contributed by atoms with Crippen LogP contribution in [0.4, 0.5) is 0 Å². The lowest BCUT2D eigenvalue weighted by molar-refractivity contribution is -0.142. The molecule has 4 nitrogen and oxygen atoms in total. The van der Waals surface area contributed by atoms with Crippen LogP contribution in [-0.2, 0) is 9.53 Å². The predicted octanol–water partition coefficient (Wildman–Crippen LogP) is 3.04. The fourth-order valence-corrected chi connectivity index (χ4v) is 2.18. The lowest BCUT2D eigenvalue weighted by Gasteiger charge is -2.12. The van der Waals surface area contributed by atoms with Crippen molar-refractivity contribution >= 4 is 5.97 Å². The number of ether oxygens (including phenoxy) is 2. The molecule has 4 heteroatoms. The van der Waals surface area contributed by atoms with E-state index in [1.165, 1.54) is 11.1 Å². The highest BCUT2D eigenvalue weighted by Gasteiger charge is 2.04. The molecule has 1 aromatic carbocycles. The maximum atomic E-state index is 11.1. The average Bonchev–Trinajstić information content (AvgIpc) is 2.42. The van der Waals surface area contributed by atoms with E-state index >= 15 is 0 Å². The van der Waals surface area contributed by atoms with Gasteiger partial charge in [0.2, 0.25) is 0 Å². The fourth-order valence-electron chi connectivity index (χ4n) is 2.18. The van der Waals surface area contributed by atoms with Crippen molar-refractivity contribution < 1.29 is 14.3 Å². The smallest absolute Gasteiger partial charge is 0.307 e. The second-order valence-corrected chi connectivity index (χ2v) is 5.33. The van der Waals surface area contributed by atoms with E-state index in [1.54, 1.807) is 0 Å². The first-order valence-electron chi connectivity index (χ1n) is 7.64. The van der Waals surface area contributed by atoms with Gasteiger partial charge < -0.3 is 14.8 Å². The zero-order valence-electron chi connectivity index (χ0n) is 13.6. The molecule has 0 fully saturated rings. The Morgan fingerprint density at radius 1 is 1.29 bits per heavy atom. The quantitative estimate of drug-likeness (QED) is 0.561. The summed E-state index contributed by atoms with van der Waals surface area (Å²) in [4.78, 5) is 11.1. The van der Waals surface area contributed by atoms with Crippen molar-refractivity contribution in [3.63, 3.8) is 0 Å². The number of carbonyl (C=O) groups excluding carboxylic acids is 1. The van der Waals surface area contributed by atoms with Crippen LogP contribution in [0, 0.1) is 6.92 Å². The largest absolute Gasteiger partial charge is 0.492 e. The van der Waals surface area contributed by atoms with Crippen molar-refractivity contribution in [3.8, 4) is 5.75 Å². The van der Waals surface area contributed by atoms with E-state index in [9.17, 15) is 4.79 Å². The molecule has 1 N–H and O–H groups in total. The Bertz CT molecular complexity index is 444. The third-order valence-corrected chi connectivity index (χ3v) is 3.22. The molecule has 0 saturated carbocycles. The molecule has 0 amide bonds. The van der Waals surface area contributed by atoms with Crippen LogP contribution in [0.15, 0.2) is 18.2 Å². The van der Waals surface area contributed by atoms with E-state index in [-0.39, 0.29) is 5.97 Å². The van der Waals surface area contributed by atoms with Crippen LogP contribution >= 0.6 is 0 Å². The first-order valence-corrected chi connectivity index (χ1v) is 7.64. The predicted molar refractivity (Wildman–Crippen MR) is 84.9 cm³/mol. The summed E-state index contributed by atoms with van der Waals surface area (Å²) >= 11 is 0. The molecule has 0 unspecified atom stereocenters. The van der Waals surface area contributed by atoms with E-state index in [0.717, 1.165) is 5.75 Å². The molecule has 0 aliphatic heterocycles. The van der Waals surface area contributed by atoms with E-state index in [2.05, 4.69) is 38.2 Å². The minimum Gasteiger partial charge on any atom is -0.492 e. The molecule has 1 rings (SSSR count). The zero-order chi connectivity index (χ0) is 15.7. The highest BCUT2D eigenvalue weighted by Crippen LogP contribution is 2.23. The SMILES string of the molecule is CCOC(=O)CCNCCOc1ccc(C(C)C)c(C)c1. The number of esters is 1. The molecule has 21 heavy (non-hydrogen) atoms. The van der Waals surface area contributed by atoms with Crippen LogP contribution in [0.2, 0.25) is 0 Å². The topological polar surface area (TPSA) is 47.6 Å². The molecule has 118 valence electrons. The molecule has 1 aromatic rings. The standard InChI is InChI=1S/C17H27NO3/c1-5-20-17(19)8-9-18-10-11-21-15-6-7-16(13(2)3)14(4)12-15/h6-7,12-13,18H,5,8-11H2,1-4H3. The molecular formula is C17H27NO3. The Morgan fingerprint density at radius 3 is 2.67 bits per heavy atom. The van der Waals surface area contributed by atoms with Gasteiger partial charge in [-0.25, -0.2) is 0 Å². The minimum absolute atomic E-state index is 0.161. The highest BCUT2D eigenvalue weighted by molar-refractivity contribution is 5.69. The second kappa shape index (κ2) is 9.40. The summed E-state index contributed by atoms with van der Waals surface area (Å²) in [5, 5.41) is 3.16. The molecule has 0 bridgehead atoms. The molecule has 0 heterocycles. The van der Waals surface area contributed by atoms with E-state index in [0.29, 0.717) is 38.6 Å². The fraction of sp³-hybridized carbons (Fsp3) is 0.588. The van der Waals surface area contributed by atoms with Gasteiger partial charge in [0.1, 0.15) is 12.4 Å². The Kier molecular flexibility index (Phi) is 7.83. The molecule has 0 atom stereocenters. The van der Waals surface area contributed by atoms with E-state index in [1.807, 2.05) is 13.0 Å². The molecule has 0 spiro atoms. The molecule has 0 saturated heterocycles. The van der Waals surface area contributed by atoms with Gasteiger partial charge in [-0.3, -0.25) is 4.79 Å². The number of hydrogen-bond donors (Lipinski definition) is 1. The van der Waals surface area contributed by atoms with Crippen LogP contribution < -0.4 is 10.1 Å². The summed E-state index contributed by atoms with van der Waals surface area (Å²) in [6.45, 7) is 10.7. The maximum absolute atomic E-state index is 11.1. The molecular weight excluding hydrogens is 266 g/mol. The van der Waals surface area contributed by atoms with Gasteiger partial charge in [-0.15, -0.1) is 0 Å². The van der Waals surface area contributed by atoms with Crippen LogP contribution in [0.3, 0.4) is 0 Å². The Hall–Kier alpha value is -1.55. The maximum Gasteiger partial charge on any atom is 0.307 e. The Labute approximate surface area is 127 Å². The first-order chi connectivity index (χ1) is 10.0. The molecule has 0 radical (unpaired) electrons. The summed E-state index contributed by atoms with van der Waals surface area (Å²) in [5.74, 6) is 1.26. The third-order valence-electron chi connectivity index (χ3n) is 3.22. The van der Waals surface area contributed by atoms with Gasteiger partial charge in [0.15, 0.2) is 0 Å². The highest BCUT2D eigenvalue weighted by atomic mass is 16.5. The molecule has 0 aromatic heterocycles. The number of nitrogens with one attached hydrogen (secondary N) is 1. The van der Waals surface area contributed by atoms with Crippen molar-refractivity contribution in [2.24, 2.45) is 0 Å². The first kappa shape index (κ1) is 17.5. The second-order valence-electron chi connectivity index (χ2n) is 5.33. The van der Waals surface area contributed by atoms with Gasteiger partial charge in [-0.05, 0) is 43.0 Å². The van der Waals surface area contributed by atoms with Gasteiger partial charge in [0, 0.05) is 13.1 Å². The third kappa shape index (κ3) is 6.63. The lowest BCUT2D eigenvalue weighted by Crippen LogP contribution is -2.24. The van der Waals surface area contributed by atoms with Crippen LogP contribution in [0.1, 0.15) is 44.2 Å². The van der Waals surface area contributed by atoms with Crippen molar-refractivity contribution in [3.05, 3.63) is 29.3 Å². The van der Waals surface area contributed by atoms with Crippen molar-refractivity contribution in [1.29, 1.82) is 0 Å². The van der Waals surface area contributed by atoms with Crippen LogP contribution in [0.25, 0.3) is 0 Å². The van der Waals surface area contributed by atoms with E-state index < -0.39 is 0 Å². The summed E-state index contributed by atoms with van der Waals surface area (Å²) in [6.07, 6.45) is 0.399. The number of carbonyl (C=O) groups is 1. The number of hydrogen-bond acceptors (Lipinski definition) is 4. The molecule has 0 aliphatic carbocycles. The summed E-state index contributed by atoms with van der Waals surface area (Å²) < 4.78 is 10.5. The Morgan fingerprint density at radius 2 is 2.05 bits per heavy atom. The minimum atomic E-state index is -0.161. The number of aryl methyl sites for hydroxylation is 1. The van der Waals surface area contributed by atoms with Gasteiger partial charge in [0.25, 0.3) is 0 Å². The van der Waals surface area contributed by atoms with Crippen LogP contribution in [0.5, 0.6) is 5.75 Å². The summed E-state index contributed by atoms with van der Waals surface area (Å²) in [7, 11) is 0. The van der Waals surface area contributed by atoms with E-state index in [4.69, 9.17) is 9.47 Å². The number of rotatable bonds is 9. The van der Waals surface area contributed by atoms with Gasteiger partial charge >= 0.3 is 5.97 Å². The monoisotopic (exact) mass is 293 g/mol. The lowest BCUT2D eigenvalue weighted by atomic mass is 9.98. The van der Waals surface area contributed by atoms with Gasteiger partial charge in [-0.1, -0.05) is 19.9 Å². The van der Waals surface area contributed by atoms with Crippen molar-refractivity contribution in [1.82, 2.24) is 5.32 Å². The van der Waals surface area contributed by atoms with Crippen LogP contribution in [-0.4, -0.2) is 32.3 Å². The normalized spacial score (nSPS) is 10.7. The van der Waals surface area contributed by atoms with Crippen molar-refractivity contribution in [2.45, 2.75) is 40.0 Å². The zero-order valence-corrected chi connectivity index (χ0v) is 13.6. The average molecular weight is 293 g/mol. The Balaban J connectivity index is 2.21. The number of benzene rings is 1. The summed E-state index contributed by atoms with van der Waals surface area (Å²) in [5.41, 5.74) is 2.62.